The second kappa shape index (κ2) is 6.59. The summed E-state index contributed by atoms with van der Waals surface area (Å²) in [6.45, 7) is 10.2. The average molecular weight is 298 g/mol. The van der Waals surface area contributed by atoms with E-state index in [1.165, 1.54) is 0 Å². The molecule has 0 spiro atoms. The number of alkyl halides is 1. The van der Waals surface area contributed by atoms with Gasteiger partial charge >= 0.3 is 0 Å². The molecule has 0 saturated carbocycles. The maximum absolute atomic E-state index is 5.92. The molecule has 2 heterocycles. The Balaban J connectivity index is 2.43. The Kier molecular flexibility index (Phi) is 5.05. The van der Waals surface area contributed by atoms with Crippen LogP contribution in [0.1, 0.15) is 25.4 Å². The highest BCUT2D eigenvalue weighted by molar-refractivity contribution is 6.17. The van der Waals surface area contributed by atoms with Gasteiger partial charge in [0.05, 0.1) is 5.69 Å². The first-order chi connectivity index (χ1) is 9.62. The molecule has 0 amide bonds. The molecule has 0 aliphatic carbocycles. The highest BCUT2D eigenvalue weighted by atomic mass is 35.5. The molecule has 0 aromatic carbocycles. The molecule has 0 fully saturated rings. The van der Waals surface area contributed by atoms with Crippen LogP contribution >= 0.6 is 11.6 Å². The maximum atomic E-state index is 5.92. The fourth-order valence-electron chi connectivity index (χ4n) is 2.43. The molecule has 20 heavy (non-hydrogen) atoms. The summed E-state index contributed by atoms with van der Waals surface area (Å²) in [4.78, 5) is 7.05. The number of rotatable bonds is 7. The van der Waals surface area contributed by atoms with Gasteiger partial charge in [-0.25, -0.2) is 9.67 Å². The lowest BCUT2D eigenvalue weighted by Gasteiger charge is -2.16. The molecule has 0 aliphatic heterocycles. The van der Waals surface area contributed by atoms with Gasteiger partial charge in [0, 0.05) is 31.9 Å². The lowest BCUT2D eigenvalue weighted by Crippen LogP contribution is -2.24. The van der Waals surface area contributed by atoms with E-state index in [1.54, 1.807) is 0 Å². The summed E-state index contributed by atoms with van der Waals surface area (Å²) in [7, 11) is 2.14. The van der Waals surface area contributed by atoms with Crippen molar-refractivity contribution < 1.29 is 0 Å². The number of hydrogen-bond donors (Lipinski definition) is 0. The molecule has 0 saturated heterocycles. The minimum Gasteiger partial charge on any atom is -0.312 e. The molecule has 0 aliphatic rings. The van der Waals surface area contributed by atoms with Crippen molar-refractivity contribution in [2.24, 2.45) is 0 Å². The first-order valence-corrected chi connectivity index (χ1v) is 7.82. The standard InChI is InChI=1S/C14H24ClN5/c1-5-18(4)9-10-19-12(7-8-15)16-13-11(3)17-20(6-2)14(13)19/h5-10H2,1-4H3. The van der Waals surface area contributed by atoms with Gasteiger partial charge in [0.25, 0.3) is 0 Å². The summed E-state index contributed by atoms with van der Waals surface area (Å²) < 4.78 is 4.33. The third-order valence-electron chi connectivity index (χ3n) is 3.74. The van der Waals surface area contributed by atoms with Crippen LogP contribution in [-0.4, -0.2) is 50.2 Å². The predicted molar refractivity (Wildman–Crippen MR) is 83.5 cm³/mol. The second-order valence-corrected chi connectivity index (χ2v) is 5.47. The molecule has 112 valence electrons. The largest absolute Gasteiger partial charge is 0.312 e. The van der Waals surface area contributed by atoms with E-state index in [0.29, 0.717) is 5.88 Å². The van der Waals surface area contributed by atoms with Crippen molar-refractivity contribution in [2.45, 2.75) is 40.3 Å². The third-order valence-corrected chi connectivity index (χ3v) is 3.93. The lowest BCUT2D eigenvalue weighted by molar-refractivity contribution is 0.334. The summed E-state index contributed by atoms with van der Waals surface area (Å²) in [6.07, 6.45) is 0.801. The van der Waals surface area contributed by atoms with Crippen molar-refractivity contribution >= 4 is 22.8 Å². The Morgan fingerprint density at radius 1 is 1.30 bits per heavy atom. The van der Waals surface area contributed by atoms with E-state index in [2.05, 4.69) is 35.5 Å². The maximum Gasteiger partial charge on any atom is 0.158 e. The summed E-state index contributed by atoms with van der Waals surface area (Å²) in [5.41, 5.74) is 3.15. The van der Waals surface area contributed by atoms with Crippen molar-refractivity contribution in [3.63, 3.8) is 0 Å². The monoisotopic (exact) mass is 297 g/mol. The van der Waals surface area contributed by atoms with Crippen LogP contribution in [0.25, 0.3) is 11.2 Å². The zero-order chi connectivity index (χ0) is 14.7. The number of likely N-dealkylation sites (N-methyl/N-ethyl adjacent to an activating group) is 1. The van der Waals surface area contributed by atoms with E-state index in [9.17, 15) is 0 Å². The van der Waals surface area contributed by atoms with Gasteiger partial charge in [0.2, 0.25) is 0 Å². The van der Waals surface area contributed by atoms with Crippen LogP contribution in [0.4, 0.5) is 0 Å². The van der Waals surface area contributed by atoms with Crippen molar-refractivity contribution in [1.29, 1.82) is 0 Å². The van der Waals surface area contributed by atoms with Crippen LogP contribution in [0.5, 0.6) is 0 Å². The Hall–Kier alpha value is -1.07. The van der Waals surface area contributed by atoms with E-state index >= 15 is 0 Å². The van der Waals surface area contributed by atoms with E-state index in [-0.39, 0.29) is 0 Å². The topological polar surface area (TPSA) is 38.9 Å². The number of nitrogens with zero attached hydrogens (tertiary/aromatic N) is 5. The molecular formula is C14H24ClN5. The van der Waals surface area contributed by atoms with Gasteiger partial charge in [-0.1, -0.05) is 6.92 Å². The Morgan fingerprint density at radius 2 is 2.05 bits per heavy atom. The number of aryl methyl sites for hydroxylation is 3. The molecule has 2 aromatic heterocycles. The van der Waals surface area contributed by atoms with E-state index in [0.717, 1.165) is 55.3 Å². The number of imidazole rings is 1. The fraction of sp³-hybridized carbons (Fsp3) is 0.714. The highest BCUT2D eigenvalue weighted by Gasteiger charge is 2.17. The smallest absolute Gasteiger partial charge is 0.158 e. The van der Waals surface area contributed by atoms with Crippen LogP contribution in [0, 0.1) is 6.92 Å². The molecule has 0 N–H and O–H groups in total. The van der Waals surface area contributed by atoms with Crippen LogP contribution in [0.3, 0.4) is 0 Å². The summed E-state index contributed by atoms with van der Waals surface area (Å²) in [5, 5.41) is 4.56. The molecule has 0 bridgehead atoms. The van der Waals surface area contributed by atoms with Crippen molar-refractivity contribution in [3.8, 4) is 0 Å². The zero-order valence-corrected chi connectivity index (χ0v) is 13.6. The number of aromatic nitrogens is 4. The molecule has 6 heteroatoms. The third kappa shape index (κ3) is 2.83. The SMILES string of the molecule is CCN(C)CCn1c(CCCl)nc2c(C)nn(CC)c21. The average Bonchev–Trinajstić information content (AvgIpc) is 2.95. The minimum absolute atomic E-state index is 0.599. The number of halogens is 1. The van der Waals surface area contributed by atoms with E-state index in [1.807, 2.05) is 11.6 Å². The molecule has 0 atom stereocenters. The fourth-order valence-corrected chi connectivity index (χ4v) is 2.60. The van der Waals surface area contributed by atoms with Gasteiger partial charge in [0.15, 0.2) is 5.65 Å². The quantitative estimate of drug-likeness (QED) is 0.736. The number of fused-ring (bicyclic) bond motifs is 1. The van der Waals surface area contributed by atoms with Gasteiger partial charge in [0.1, 0.15) is 11.3 Å². The predicted octanol–water partition coefficient (Wildman–Crippen LogP) is 2.29. The van der Waals surface area contributed by atoms with E-state index in [4.69, 9.17) is 16.6 Å². The molecule has 2 rings (SSSR count). The van der Waals surface area contributed by atoms with Gasteiger partial charge in [-0.15, -0.1) is 11.6 Å². The molecular weight excluding hydrogens is 274 g/mol. The summed E-state index contributed by atoms with van der Waals surface area (Å²) in [6, 6.07) is 0. The molecule has 0 unspecified atom stereocenters. The van der Waals surface area contributed by atoms with Crippen LogP contribution in [0.2, 0.25) is 0 Å². The summed E-state index contributed by atoms with van der Waals surface area (Å²) in [5.74, 6) is 1.67. The van der Waals surface area contributed by atoms with Gasteiger partial charge in [-0.2, -0.15) is 5.10 Å². The first kappa shape index (κ1) is 15.3. The molecule has 2 aromatic rings. The van der Waals surface area contributed by atoms with Gasteiger partial charge in [-0.3, -0.25) is 0 Å². The summed E-state index contributed by atoms with van der Waals surface area (Å²) >= 11 is 5.92. The van der Waals surface area contributed by atoms with Gasteiger partial charge < -0.3 is 9.47 Å². The minimum atomic E-state index is 0.599. The van der Waals surface area contributed by atoms with E-state index < -0.39 is 0 Å². The molecule has 5 nitrogen and oxygen atoms in total. The van der Waals surface area contributed by atoms with Crippen LogP contribution in [0.15, 0.2) is 0 Å². The highest BCUT2D eigenvalue weighted by Crippen LogP contribution is 2.20. The number of hydrogen-bond acceptors (Lipinski definition) is 3. The van der Waals surface area contributed by atoms with Crippen LogP contribution in [-0.2, 0) is 19.5 Å². The lowest BCUT2D eigenvalue weighted by atomic mass is 10.4. The van der Waals surface area contributed by atoms with Gasteiger partial charge in [-0.05, 0) is 27.4 Å². The van der Waals surface area contributed by atoms with Crippen molar-refractivity contribution in [1.82, 2.24) is 24.2 Å². The van der Waals surface area contributed by atoms with Crippen molar-refractivity contribution in [3.05, 3.63) is 11.5 Å². The Labute approximate surface area is 125 Å². The van der Waals surface area contributed by atoms with Crippen LogP contribution < -0.4 is 0 Å². The second-order valence-electron chi connectivity index (χ2n) is 5.09. The van der Waals surface area contributed by atoms with Crippen molar-refractivity contribution in [2.75, 3.05) is 26.0 Å². The first-order valence-electron chi connectivity index (χ1n) is 7.29. The zero-order valence-electron chi connectivity index (χ0n) is 12.9. The molecule has 0 radical (unpaired) electrons. The Morgan fingerprint density at radius 3 is 2.65 bits per heavy atom. The normalized spacial score (nSPS) is 11.9. The Bertz CT molecular complexity index is 572.